The Morgan fingerprint density at radius 2 is 1.92 bits per heavy atom. The number of ether oxygens (including phenoxy) is 1. The van der Waals surface area contributed by atoms with Crippen molar-refractivity contribution in [3.63, 3.8) is 0 Å². The number of carboxylic acid groups (broad SMARTS) is 1. The van der Waals surface area contributed by atoms with Crippen LogP contribution in [0.25, 0.3) is 0 Å². The van der Waals surface area contributed by atoms with Gasteiger partial charge < -0.3 is 20.0 Å². The first-order valence-electron chi connectivity index (χ1n) is 7.93. The Bertz CT molecular complexity index is 478. The van der Waals surface area contributed by atoms with Crippen molar-refractivity contribution < 1.29 is 34.2 Å². The molecule has 142 valence electrons. The summed E-state index contributed by atoms with van der Waals surface area (Å²) in [6.45, 7) is 1.70. The summed E-state index contributed by atoms with van der Waals surface area (Å²) in [4.78, 5) is 48.5. The lowest BCUT2D eigenvalue weighted by molar-refractivity contribution is -0.757. The molecule has 1 amide bonds. The first-order valence-corrected chi connectivity index (χ1v) is 7.93. The van der Waals surface area contributed by atoms with Crippen LogP contribution in [-0.4, -0.2) is 47.3 Å². The fourth-order valence-corrected chi connectivity index (χ4v) is 1.80. The molecule has 25 heavy (non-hydrogen) atoms. The lowest BCUT2D eigenvalue weighted by Gasteiger charge is -2.16. The number of nitrogens with zero attached hydrogens (tertiary/aromatic N) is 1. The van der Waals surface area contributed by atoms with Crippen LogP contribution in [0.15, 0.2) is 12.2 Å². The van der Waals surface area contributed by atoms with Crippen molar-refractivity contribution in [2.45, 2.75) is 51.5 Å². The van der Waals surface area contributed by atoms with Gasteiger partial charge in [-0.1, -0.05) is 12.2 Å². The highest BCUT2D eigenvalue weighted by molar-refractivity contribution is 5.87. The zero-order chi connectivity index (χ0) is 19.1. The Morgan fingerprint density at radius 3 is 2.52 bits per heavy atom. The Hall–Kier alpha value is -2.65. The van der Waals surface area contributed by atoms with E-state index in [0.29, 0.717) is 25.7 Å². The van der Waals surface area contributed by atoms with E-state index in [1.165, 1.54) is 0 Å². The Labute approximate surface area is 145 Å². The summed E-state index contributed by atoms with van der Waals surface area (Å²) in [6, 6.07) is -1.26. The second-order valence-electron chi connectivity index (χ2n) is 5.11. The molecule has 0 aromatic rings. The van der Waals surface area contributed by atoms with Crippen LogP contribution in [0.4, 0.5) is 0 Å². The van der Waals surface area contributed by atoms with E-state index >= 15 is 0 Å². The molecular formula is C15H24N2O8. The summed E-state index contributed by atoms with van der Waals surface area (Å²) in [7, 11) is 0. The molecule has 0 aromatic heterocycles. The van der Waals surface area contributed by atoms with Gasteiger partial charge in [0.25, 0.3) is 5.09 Å². The molecule has 0 rings (SSSR count). The van der Waals surface area contributed by atoms with Gasteiger partial charge in [-0.25, -0.2) is 4.79 Å². The van der Waals surface area contributed by atoms with Gasteiger partial charge in [0.15, 0.2) is 0 Å². The SMILES string of the molecule is C/C=C\CCCC(=O)NC(CC(=O)O)C(=O)OCCCCO[N+](=O)[O-]. The number of allylic oxidation sites excluding steroid dienone is 2. The fraction of sp³-hybridized carbons (Fsp3) is 0.667. The summed E-state index contributed by atoms with van der Waals surface area (Å²) in [5, 5.41) is 20.2. The second-order valence-corrected chi connectivity index (χ2v) is 5.11. The predicted molar refractivity (Wildman–Crippen MR) is 86.0 cm³/mol. The van der Waals surface area contributed by atoms with E-state index in [4.69, 9.17) is 9.84 Å². The van der Waals surface area contributed by atoms with Gasteiger partial charge in [0.1, 0.15) is 6.04 Å². The monoisotopic (exact) mass is 360 g/mol. The van der Waals surface area contributed by atoms with E-state index in [9.17, 15) is 24.5 Å². The topological polar surface area (TPSA) is 145 Å². The van der Waals surface area contributed by atoms with Crippen LogP contribution >= 0.6 is 0 Å². The summed E-state index contributed by atoms with van der Waals surface area (Å²) >= 11 is 0. The predicted octanol–water partition coefficient (Wildman–Crippen LogP) is 1.22. The molecule has 0 aliphatic carbocycles. The van der Waals surface area contributed by atoms with Gasteiger partial charge in [-0.2, -0.15) is 0 Å². The van der Waals surface area contributed by atoms with Crippen molar-refractivity contribution in [2.24, 2.45) is 0 Å². The van der Waals surface area contributed by atoms with E-state index in [1.54, 1.807) is 0 Å². The van der Waals surface area contributed by atoms with Crippen LogP contribution in [0.1, 0.15) is 45.4 Å². The number of carboxylic acids is 1. The lowest BCUT2D eigenvalue weighted by atomic mass is 10.1. The van der Waals surface area contributed by atoms with Crippen molar-refractivity contribution >= 4 is 17.8 Å². The minimum atomic E-state index is -1.26. The van der Waals surface area contributed by atoms with Crippen LogP contribution in [0, 0.1) is 10.1 Å². The van der Waals surface area contributed by atoms with Crippen molar-refractivity contribution in [2.75, 3.05) is 13.2 Å². The minimum Gasteiger partial charge on any atom is -0.481 e. The smallest absolute Gasteiger partial charge is 0.329 e. The number of carbonyl (C=O) groups is 3. The summed E-state index contributed by atoms with van der Waals surface area (Å²) < 4.78 is 4.90. The molecule has 0 aliphatic heterocycles. The largest absolute Gasteiger partial charge is 0.481 e. The molecule has 0 saturated heterocycles. The third-order valence-electron chi connectivity index (χ3n) is 2.99. The molecule has 0 spiro atoms. The molecule has 0 aromatic carbocycles. The van der Waals surface area contributed by atoms with Gasteiger partial charge in [-0.05, 0) is 32.6 Å². The van der Waals surface area contributed by atoms with Gasteiger partial charge >= 0.3 is 11.9 Å². The van der Waals surface area contributed by atoms with Gasteiger partial charge in [0, 0.05) is 6.42 Å². The number of carbonyl (C=O) groups excluding carboxylic acids is 2. The fourth-order valence-electron chi connectivity index (χ4n) is 1.80. The maximum atomic E-state index is 11.9. The van der Waals surface area contributed by atoms with Crippen molar-refractivity contribution in [1.82, 2.24) is 5.32 Å². The molecule has 1 atom stereocenters. The highest BCUT2D eigenvalue weighted by Gasteiger charge is 2.24. The van der Waals surface area contributed by atoms with Gasteiger partial charge in [0.2, 0.25) is 5.91 Å². The average Bonchev–Trinajstić information content (AvgIpc) is 2.53. The Morgan fingerprint density at radius 1 is 1.24 bits per heavy atom. The molecule has 0 fully saturated rings. The molecule has 10 heteroatoms. The maximum absolute atomic E-state index is 11.9. The van der Waals surface area contributed by atoms with Crippen LogP contribution in [0.5, 0.6) is 0 Å². The van der Waals surface area contributed by atoms with E-state index in [2.05, 4.69) is 10.2 Å². The standard InChI is InChI=1S/C15H24N2O8/c1-2-3-4-5-8-13(18)16-12(11-14(19)20)15(21)24-9-6-7-10-25-17(22)23/h2-3,12H,4-11H2,1H3,(H,16,18)(H,19,20)/b3-2-. The highest BCUT2D eigenvalue weighted by Crippen LogP contribution is 2.02. The van der Waals surface area contributed by atoms with Crippen LogP contribution in [-0.2, 0) is 24.0 Å². The molecular weight excluding hydrogens is 336 g/mol. The van der Waals surface area contributed by atoms with Crippen molar-refractivity contribution in [1.29, 1.82) is 0 Å². The van der Waals surface area contributed by atoms with E-state index < -0.39 is 35.4 Å². The molecule has 0 heterocycles. The maximum Gasteiger partial charge on any atom is 0.329 e. The number of rotatable bonds is 14. The normalized spacial score (nSPS) is 11.7. The molecule has 10 nitrogen and oxygen atoms in total. The van der Waals surface area contributed by atoms with E-state index in [-0.39, 0.29) is 19.6 Å². The van der Waals surface area contributed by atoms with Gasteiger partial charge in [-0.3, -0.25) is 9.59 Å². The van der Waals surface area contributed by atoms with Crippen molar-refractivity contribution in [3.8, 4) is 0 Å². The van der Waals surface area contributed by atoms with Crippen LogP contribution < -0.4 is 5.32 Å². The van der Waals surface area contributed by atoms with Gasteiger partial charge in [0.05, 0.1) is 19.6 Å². The third-order valence-corrected chi connectivity index (χ3v) is 2.99. The molecule has 0 aliphatic rings. The summed E-state index contributed by atoms with van der Waals surface area (Å²) in [6.07, 6.45) is 5.27. The number of hydrogen-bond donors (Lipinski definition) is 2. The number of esters is 1. The molecule has 0 bridgehead atoms. The average molecular weight is 360 g/mol. The summed E-state index contributed by atoms with van der Waals surface area (Å²) in [5.74, 6) is -2.51. The molecule has 1 unspecified atom stereocenters. The van der Waals surface area contributed by atoms with E-state index in [1.807, 2.05) is 19.1 Å². The quantitative estimate of drug-likeness (QED) is 0.155. The zero-order valence-electron chi connectivity index (χ0n) is 14.1. The number of nitrogens with one attached hydrogen (secondary N) is 1. The lowest BCUT2D eigenvalue weighted by Crippen LogP contribution is -2.43. The zero-order valence-corrected chi connectivity index (χ0v) is 14.1. The summed E-state index contributed by atoms with van der Waals surface area (Å²) in [5.41, 5.74) is 0. The first kappa shape index (κ1) is 22.3. The van der Waals surface area contributed by atoms with Crippen molar-refractivity contribution in [3.05, 3.63) is 22.3 Å². The highest BCUT2D eigenvalue weighted by atomic mass is 16.9. The van der Waals surface area contributed by atoms with Crippen LogP contribution in [0.3, 0.4) is 0 Å². The van der Waals surface area contributed by atoms with Gasteiger partial charge in [-0.15, -0.1) is 10.1 Å². The Kier molecular flexibility index (Phi) is 12.3. The second kappa shape index (κ2) is 13.8. The molecule has 0 radical (unpaired) electrons. The van der Waals surface area contributed by atoms with E-state index in [0.717, 1.165) is 0 Å². The minimum absolute atomic E-state index is 0.0484. The van der Waals surface area contributed by atoms with Crippen LogP contribution in [0.2, 0.25) is 0 Å². The Balaban J connectivity index is 4.21. The first-order chi connectivity index (χ1) is 11.9. The molecule has 0 saturated carbocycles. The molecule has 2 N–H and O–H groups in total. The number of hydrogen-bond acceptors (Lipinski definition) is 7. The number of unbranched alkanes of at least 4 members (excludes halogenated alkanes) is 2. The number of aliphatic carboxylic acids is 1. The number of amides is 1. The third kappa shape index (κ3) is 13.5.